The van der Waals surface area contributed by atoms with E-state index < -0.39 is 17.4 Å². The Bertz CT molecular complexity index is 1110. The first-order chi connectivity index (χ1) is 13.9. The molecule has 0 bridgehead atoms. The Morgan fingerprint density at radius 2 is 1.79 bits per heavy atom. The molecule has 0 saturated carbocycles. The first-order valence-corrected chi connectivity index (χ1v) is 9.54. The predicted molar refractivity (Wildman–Crippen MR) is 113 cm³/mol. The Balaban J connectivity index is 1.68. The third kappa shape index (κ3) is 3.28. The number of carbonyl (C=O) groups excluding carboxylic acids is 2. The van der Waals surface area contributed by atoms with Crippen LogP contribution in [-0.2, 0) is 15.2 Å². The smallest absolute Gasteiger partial charge is 0.268 e. The van der Waals surface area contributed by atoms with Crippen molar-refractivity contribution in [3.05, 3.63) is 94.5 Å². The summed E-state index contributed by atoms with van der Waals surface area (Å²) in [5.41, 5.74) is 0.998. The fourth-order valence-electron chi connectivity index (χ4n) is 3.64. The van der Waals surface area contributed by atoms with Gasteiger partial charge in [0, 0.05) is 5.56 Å². The van der Waals surface area contributed by atoms with Crippen molar-refractivity contribution < 1.29 is 14.7 Å². The zero-order valence-corrected chi connectivity index (χ0v) is 16.5. The molecule has 0 fully saturated rings. The minimum atomic E-state index is -1.84. The van der Waals surface area contributed by atoms with Gasteiger partial charge in [-0.05, 0) is 30.7 Å². The van der Waals surface area contributed by atoms with Gasteiger partial charge in [-0.3, -0.25) is 14.5 Å². The summed E-state index contributed by atoms with van der Waals surface area (Å²) in [4.78, 5) is 27.3. The van der Waals surface area contributed by atoms with E-state index in [-0.39, 0.29) is 6.54 Å². The number of carbonyl (C=O) groups is 2. The van der Waals surface area contributed by atoms with Gasteiger partial charge in [-0.1, -0.05) is 71.8 Å². The Labute approximate surface area is 173 Å². The molecule has 0 unspecified atom stereocenters. The normalized spacial score (nSPS) is 17.9. The van der Waals surface area contributed by atoms with E-state index in [0.717, 1.165) is 5.56 Å². The minimum Gasteiger partial charge on any atom is -0.372 e. The van der Waals surface area contributed by atoms with Gasteiger partial charge in [-0.25, -0.2) is 0 Å². The third-order valence-corrected chi connectivity index (χ3v) is 5.35. The van der Waals surface area contributed by atoms with Crippen LogP contribution in [0.2, 0.25) is 5.02 Å². The number of amides is 2. The number of nitrogens with one attached hydrogen (secondary N) is 1. The van der Waals surface area contributed by atoms with Crippen LogP contribution in [-0.4, -0.2) is 23.5 Å². The third-order valence-electron chi connectivity index (χ3n) is 5.02. The zero-order valence-electron chi connectivity index (χ0n) is 15.7. The van der Waals surface area contributed by atoms with Crippen molar-refractivity contribution in [1.82, 2.24) is 0 Å². The second-order valence-electron chi connectivity index (χ2n) is 7.02. The predicted octanol–water partition coefficient (Wildman–Crippen LogP) is 3.87. The number of anilines is 2. The maximum absolute atomic E-state index is 13.3. The average Bonchev–Trinajstić information content (AvgIpc) is 2.93. The Morgan fingerprint density at radius 3 is 2.55 bits per heavy atom. The molecule has 0 spiro atoms. The Kier molecular flexibility index (Phi) is 4.86. The van der Waals surface area contributed by atoms with Crippen LogP contribution in [0, 0.1) is 6.92 Å². The van der Waals surface area contributed by atoms with Crippen LogP contribution >= 0.6 is 11.6 Å². The highest BCUT2D eigenvalue weighted by Crippen LogP contribution is 2.44. The van der Waals surface area contributed by atoms with Crippen molar-refractivity contribution in [3.8, 4) is 0 Å². The Hall–Kier alpha value is -3.15. The first-order valence-electron chi connectivity index (χ1n) is 9.16. The number of rotatable bonds is 4. The number of benzene rings is 3. The second-order valence-corrected chi connectivity index (χ2v) is 7.42. The van der Waals surface area contributed by atoms with Crippen molar-refractivity contribution in [2.75, 3.05) is 16.8 Å². The monoisotopic (exact) mass is 406 g/mol. The van der Waals surface area contributed by atoms with Gasteiger partial charge < -0.3 is 10.4 Å². The molecule has 2 amide bonds. The molecule has 146 valence electrons. The molecule has 3 aromatic rings. The van der Waals surface area contributed by atoms with Crippen LogP contribution in [0.1, 0.15) is 16.7 Å². The van der Waals surface area contributed by atoms with E-state index in [0.29, 0.717) is 27.5 Å². The van der Waals surface area contributed by atoms with Gasteiger partial charge in [0.05, 0.1) is 16.4 Å². The number of nitrogens with zero attached hydrogens (tertiary/aromatic N) is 1. The van der Waals surface area contributed by atoms with Crippen LogP contribution in [0.4, 0.5) is 11.4 Å². The summed E-state index contributed by atoms with van der Waals surface area (Å²) in [7, 11) is 0. The quantitative estimate of drug-likeness (QED) is 0.691. The van der Waals surface area contributed by atoms with Crippen LogP contribution in [0.25, 0.3) is 0 Å². The lowest BCUT2D eigenvalue weighted by atomic mass is 9.87. The topological polar surface area (TPSA) is 69.6 Å². The van der Waals surface area contributed by atoms with Crippen LogP contribution in [0.3, 0.4) is 0 Å². The SMILES string of the molecule is Cc1cccc([C@]2(O)C(=O)N(CC(=O)Nc3ccccc3Cl)c3ccccc32)c1. The number of halogens is 1. The van der Waals surface area contributed by atoms with Crippen molar-refractivity contribution in [3.63, 3.8) is 0 Å². The molecule has 1 heterocycles. The van der Waals surface area contributed by atoms with Gasteiger partial charge >= 0.3 is 0 Å². The summed E-state index contributed by atoms with van der Waals surface area (Å²) >= 11 is 6.10. The molecule has 0 radical (unpaired) electrons. The molecule has 29 heavy (non-hydrogen) atoms. The minimum absolute atomic E-state index is 0.241. The molecular formula is C23H19ClN2O3. The van der Waals surface area contributed by atoms with Crippen molar-refractivity contribution in [2.24, 2.45) is 0 Å². The molecule has 0 aromatic heterocycles. The largest absolute Gasteiger partial charge is 0.372 e. The van der Waals surface area contributed by atoms with Gasteiger partial charge in [0.25, 0.3) is 5.91 Å². The summed E-state index contributed by atoms with van der Waals surface area (Å²) in [5.74, 6) is -0.964. The van der Waals surface area contributed by atoms with Gasteiger partial charge in [0.15, 0.2) is 5.60 Å². The van der Waals surface area contributed by atoms with Gasteiger partial charge in [-0.15, -0.1) is 0 Å². The molecular weight excluding hydrogens is 388 g/mol. The molecule has 1 atom stereocenters. The van der Waals surface area contributed by atoms with E-state index in [4.69, 9.17) is 11.6 Å². The highest BCUT2D eigenvalue weighted by molar-refractivity contribution is 6.33. The molecule has 0 aliphatic carbocycles. The number of hydrogen-bond acceptors (Lipinski definition) is 3. The van der Waals surface area contributed by atoms with E-state index in [1.807, 2.05) is 13.0 Å². The summed E-state index contributed by atoms with van der Waals surface area (Å²) in [6.07, 6.45) is 0. The molecule has 2 N–H and O–H groups in total. The number of hydrogen-bond donors (Lipinski definition) is 2. The summed E-state index contributed by atoms with van der Waals surface area (Å²) in [6.45, 7) is 1.65. The highest BCUT2D eigenvalue weighted by Gasteiger charge is 2.51. The summed E-state index contributed by atoms with van der Waals surface area (Å²) in [6, 6.07) is 21.0. The molecule has 1 aliphatic rings. The highest BCUT2D eigenvalue weighted by atomic mass is 35.5. The standard InChI is InChI=1S/C23H19ClN2O3/c1-15-7-6-8-16(13-15)23(29)17-9-2-5-12-20(17)26(22(23)28)14-21(27)25-19-11-4-3-10-18(19)24/h2-13,29H,14H2,1H3,(H,25,27)/t23-/m1/s1. The fraction of sp³-hybridized carbons (Fsp3) is 0.130. The first kappa shape index (κ1) is 19.2. The van der Waals surface area contributed by atoms with Gasteiger partial charge in [-0.2, -0.15) is 0 Å². The van der Waals surface area contributed by atoms with E-state index in [2.05, 4.69) is 5.32 Å². The summed E-state index contributed by atoms with van der Waals surface area (Å²) in [5, 5.41) is 14.6. The lowest BCUT2D eigenvalue weighted by Crippen LogP contribution is -2.44. The van der Waals surface area contributed by atoms with Crippen molar-refractivity contribution in [1.29, 1.82) is 0 Å². The maximum Gasteiger partial charge on any atom is 0.268 e. The van der Waals surface area contributed by atoms with E-state index in [1.54, 1.807) is 66.7 Å². The summed E-state index contributed by atoms with van der Waals surface area (Å²) < 4.78 is 0. The maximum atomic E-state index is 13.3. The number of fused-ring (bicyclic) bond motifs is 1. The van der Waals surface area contributed by atoms with E-state index >= 15 is 0 Å². The molecule has 6 heteroatoms. The van der Waals surface area contributed by atoms with Crippen LogP contribution in [0.5, 0.6) is 0 Å². The van der Waals surface area contributed by atoms with Crippen molar-refractivity contribution >= 4 is 34.8 Å². The molecule has 1 aliphatic heterocycles. The lowest BCUT2D eigenvalue weighted by molar-refractivity contribution is -0.133. The number of aliphatic hydroxyl groups is 1. The van der Waals surface area contributed by atoms with Crippen LogP contribution in [0.15, 0.2) is 72.8 Å². The second kappa shape index (κ2) is 7.35. The molecule has 0 saturated heterocycles. The zero-order chi connectivity index (χ0) is 20.6. The lowest BCUT2D eigenvalue weighted by Gasteiger charge is -2.24. The van der Waals surface area contributed by atoms with Gasteiger partial charge in [0.2, 0.25) is 5.91 Å². The van der Waals surface area contributed by atoms with E-state index in [1.165, 1.54) is 4.90 Å². The average molecular weight is 407 g/mol. The molecule has 3 aromatic carbocycles. The number of para-hydroxylation sites is 2. The number of aryl methyl sites for hydroxylation is 1. The van der Waals surface area contributed by atoms with Crippen molar-refractivity contribution in [2.45, 2.75) is 12.5 Å². The molecule has 4 rings (SSSR count). The van der Waals surface area contributed by atoms with E-state index in [9.17, 15) is 14.7 Å². The van der Waals surface area contributed by atoms with Crippen LogP contribution < -0.4 is 10.2 Å². The fourth-order valence-corrected chi connectivity index (χ4v) is 3.82. The molecule has 5 nitrogen and oxygen atoms in total. The van der Waals surface area contributed by atoms with Gasteiger partial charge in [0.1, 0.15) is 6.54 Å². The Morgan fingerprint density at radius 1 is 1.07 bits per heavy atom.